The van der Waals surface area contributed by atoms with Gasteiger partial charge in [0.15, 0.2) is 0 Å². The standard InChI is InChI=1S/C10H8.C7H12O5/c1-2-6-10-8-4-3-7-9(10)5-1;1-4-10-7(11-5(2)8)12-6(3)9/h1-8H;7H,4H2,1-3H3. The number of rotatable bonds is 4. The smallest absolute Gasteiger partial charge is 0.364 e. The zero-order valence-electron chi connectivity index (χ0n) is 12.9. The minimum absolute atomic E-state index is 0.297. The molecule has 0 aromatic heterocycles. The summed E-state index contributed by atoms with van der Waals surface area (Å²) >= 11 is 0. The molecule has 0 saturated carbocycles. The lowest BCUT2D eigenvalue weighted by Gasteiger charge is -2.14. The minimum atomic E-state index is -1.22. The number of benzene rings is 2. The van der Waals surface area contributed by atoms with Crippen LogP contribution in [-0.4, -0.2) is 25.0 Å². The highest BCUT2D eigenvalue weighted by Crippen LogP contribution is 2.11. The first-order chi connectivity index (χ1) is 10.5. The second kappa shape index (κ2) is 9.52. The number of fused-ring (bicyclic) bond motifs is 1. The molecule has 0 aliphatic heterocycles. The maximum absolute atomic E-state index is 10.4. The first-order valence-corrected chi connectivity index (χ1v) is 6.92. The van der Waals surface area contributed by atoms with Gasteiger partial charge in [0, 0.05) is 13.8 Å². The van der Waals surface area contributed by atoms with Crippen LogP contribution >= 0.6 is 0 Å². The molecule has 2 aromatic carbocycles. The Hall–Kier alpha value is -2.40. The van der Waals surface area contributed by atoms with Crippen LogP contribution in [0, 0.1) is 0 Å². The third-order valence-corrected chi connectivity index (χ3v) is 2.49. The van der Waals surface area contributed by atoms with Gasteiger partial charge in [-0.3, -0.25) is 9.59 Å². The van der Waals surface area contributed by atoms with Crippen LogP contribution in [0.5, 0.6) is 0 Å². The number of ether oxygens (including phenoxy) is 3. The van der Waals surface area contributed by atoms with E-state index in [4.69, 9.17) is 4.74 Å². The number of carbonyl (C=O) groups is 2. The second-order valence-electron chi connectivity index (χ2n) is 4.31. The lowest BCUT2D eigenvalue weighted by molar-refractivity contribution is -0.262. The van der Waals surface area contributed by atoms with Crippen molar-refractivity contribution in [2.24, 2.45) is 0 Å². The molecule has 5 heteroatoms. The van der Waals surface area contributed by atoms with E-state index in [0.717, 1.165) is 0 Å². The molecule has 0 spiro atoms. The highest BCUT2D eigenvalue weighted by Gasteiger charge is 2.13. The van der Waals surface area contributed by atoms with Gasteiger partial charge >= 0.3 is 18.4 Å². The average molecular weight is 304 g/mol. The highest BCUT2D eigenvalue weighted by molar-refractivity contribution is 5.82. The summed E-state index contributed by atoms with van der Waals surface area (Å²) in [7, 11) is 0. The SMILES string of the molecule is CCOC(OC(C)=O)OC(C)=O.c1ccc2ccccc2c1. The number of hydrogen-bond donors (Lipinski definition) is 0. The molecular formula is C17H20O5. The van der Waals surface area contributed by atoms with Crippen LogP contribution < -0.4 is 0 Å². The quantitative estimate of drug-likeness (QED) is 0.641. The predicted octanol–water partition coefficient (Wildman–Crippen LogP) is 3.27. The molecule has 22 heavy (non-hydrogen) atoms. The van der Waals surface area contributed by atoms with E-state index in [1.54, 1.807) is 6.92 Å². The third-order valence-electron chi connectivity index (χ3n) is 2.49. The van der Waals surface area contributed by atoms with Gasteiger partial charge in [-0.25, -0.2) is 0 Å². The molecule has 2 aromatic rings. The molecule has 5 nitrogen and oxygen atoms in total. The van der Waals surface area contributed by atoms with Crippen LogP contribution in [0.15, 0.2) is 48.5 Å². The number of hydrogen-bond acceptors (Lipinski definition) is 5. The van der Waals surface area contributed by atoms with Gasteiger partial charge in [0.1, 0.15) is 0 Å². The van der Waals surface area contributed by atoms with E-state index in [2.05, 4.69) is 58.0 Å². The van der Waals surface area contributed by atoms with Crippen molar-refractivity contribution in [2.45, 2.75) is 27.2 Å². The van der Waals surface area contributed by atoms with Crippen molar-refractivity contribution < 1.29 is 23.8 Å². The lowest BCUT2D eigenvalue weighted by Crippen LogP contribution is -2.25. The Balaban J connectivity index is 0.000000222. The predicted molar refractivity (Wildman–Crippen MR) is 82.9 cm³/mol. The topological polar surface area (TPSA) is 61.8 Å². The van der Waals surface area contributed by atoms with Gasteiger partial charge in [-0.2, -0.15) is 0 Å². The van der Waals surface area contributed by atoms with Crippen molar-refractivity contribution in [1.29, 1.82) is 0 Å². The molecule has 0 N–H and O–H groups in total. The van der Waals surface area contributed by atoms with Crippen molar-refractivity contribution >= 4 is 22.7 Å². The van der Waals surface area contributed by atoms with Crippen LogP contribution in [0.1, 0.15) is 20.8 Å². The summed E-state index contributed by atoms with van der Waals surface area (Å²) in [5.41, 5.74) is 0. The third kappa shape index (κ3) is 6.85. The van der Waals surface area contributed by atoms with Crippen LogP contribution in [0.2, 0.25) is 0 Å². The van der Waals surface area contributed by atoms with Crippen LogP contribution in [-0.2, 0) is 23.8 Å². The molecule has 0 saturated heterocycles. The summed E-state index contributed by atoms with van der Waals surface area (Å²) in [4.78, 5) is 20.8. The van der Waals surface area contributed by atoms with Gasteiger partial charge in [-0.1, -0.05) is 48.5 Å². The minimum Gasteiger partial charge on any atom is -0.400 e. The van der Waals surface area contributed by atoms with Gasteiger partial charge in [0.05, 0.1) is 6.61 Å². The highest BCUT2D eigenvalue weighted by atomic mass is 16.9. The van der Waals surface area contributed by atoms with Crippen molar-refractivity contribution in [1.82, 2.24) is 0 Å². The monoisotopic (exact) mass is 304 g/mol. The zero-order chi connectivity index (χ0) is 16.4. The maximum Gasteiger partial charge on any atom is 0.364 e. The Morgan fingerprint density at radius 3 is 1.50 bits per heavy atom. The molecule has 0 fully saturated rings. The molecule has 0 atom stereocenters. The zero-order valence-corrected chi connectivity index (χ0v) is 12.9. The molecular weight excluding hydrogens is 284 g/mol. The van der Waals surface area contributed by atoms with Gasteiger partial charge in [0.2, 0.25) is 0 Å². The first kappa shape index (κ1) is 17.7. The lowest BCUT2D eigenvalue weighted by atomic mass is 10.1. The van der Waals surface area contributed by atoms with E-state index in [-0.39, 0.29) is 0 Å². The number of esters is 2. The summed E-state index contributed by atoms with van der Waals surface area (Å²) in [6.07, 6.45) is 0. The van der Waals surface area contributed by atoms with E-state index in [1.165, 1.54) is 24.6 Å². The summed E-state index contributed by atoms with van der Waals surface area (Å²) in [6.45, 7) is 3.18. The van der Waals surface area contributed by atoms with E-state index in [0.29, 0.717) is 6.61 Å². The van der Waals surface area contributed by atoms with E-state index >= 15 is 0 Å². The average Bonchev–Trinajstić information content (AvgIpc) is 2.47. The molecule has 0 unspecified atom stereocenters. The molecule has 0 radical (unpaired) electrons. The molecule has 0 heterocycles. The van der Waals surface area contributed by atoms with Gasteiger partial charge in [0.25, 0.3) is 0 Å². The van der Waals surface area contributed by atoms with Crippen molar-refractivity contribution in [3.05, 3.63) is 48.5 Å². The molecule has 0 aliphatic carbocycles. The van der Waals surface area contributed by atoms with Crippen molar-refractivity contribution in [3.63, 3.8) is 0 Å². The van der Waals surface area contributed by atoms with Gasteiger partial charge in [-0.15, -0.1) is 0 Å². The Morgan fingerprint density at radius 2 is 1.23 bits per heavy atom. The van der Waals surface area contributed by atoms with E-state index in [9.17, 15) is 9.59 Å². The summed E-state index contributed by atoms with van der Waals surface area (Å²) in [5, 5.41) is 2.62. The summed E-state index contributed by atoms with van der Waals surface area (Å²) < 4.78 is 13.8. The van der Waals surface area contributed by atoms with E-state index < -0.39 is 18.4 Å². The van der Waals surface area contributed by atoms with E-state index in [1.807, 2.05) is 0 Å². The summed E-state index contributed by atoms with van der Waals surface area (Å²) in [6, 6.07) is 16.7. The van der Waals surface area contributed by atoms with Crippen molar-refractivity contribution in [2.75, 3.05) is 6.61 Å². The number of carbonyl (C=O) groups excluding carboxylic acids is 2. The van der Waals surface area contributed by atoms with Crippen LogP contribution in [0.4, 0.5) is 0 Å². The Morgan fingerprint density at radius 1 is 0.864 bits per heavy atom. The molecule has 0 bridgehead atoms. The van der Waals surface area contributed by atoms with Gasteiger partial charge in [-0.05, 0) is 17.7 Å². The molecule has 0 aliphatic rings. The molecule has 0 amide bonds. The fourth-order valence-electron chi connectivity index (χ4n) is 1.63. The normalized spacial score (nSPS) is 9.82. The van der Waals surface area contributed by atoms with Gasteiger partial charge < -0.3 is 14.2 Å². The first-order valence-electron chi connectivity index (χ1n) is 6.92. The second-order valence-corrected chi connectivity index (χ2v) is 4.31. The van der Waals surface area contributed by atoms with Crippen molar-refractivity contribution in [3.8, 4) is 0 Å². The fraction of sp³-hybridized carbons (Fsp3) is 0.294. The Labute approximate surface area is 129 Å². The van der Waals surface area contributed by atoms with Crippen LogP contribution in [0.3, 0.4) is 0 Å². The molecule has 2 rings (SSSR count). The molecule has 118 valence electrons. The Kier molecular flexibility index (Phi) is 7.64. The Bertz CT molecular complexity index is 527. The fourth-order valence-corrected chi connectivity index (χ4v) is 1.63. The van der Waals surface area contributed by atoms with Crippen LogP contribution in [0.25, 0.3) is 10.8 Å². The maximum atomic E-state index is 10.4. The largest absolute Gasteiger partial charge is 0.400 e. The summed E-state index contributed by atoms with van der Waals surface area (Å²) in [5.74, 6) is -1.12.